The molecular weight excluding hydrogens is 316 g/mol. The standard InChI is InChI=1S/C8H10Br2N2O2/c1-3-14-5(2)12-8(10)6(4-13)7(9)11-12/h4-5H,3H2,1-2H3. The van der Waals surface area contributed by atoms with Gasteiger partial charge >= 0.3 is 0 Å². The number of hydrogen-bond donors (Lipinski definition) is 0. The Morgan fingerprint density at radius 1 is 1.64 bits per heavy atom. The van der Waals surface area contributed by atoms with Crippen molar-refractivity contribution >= 4 is 38.1 Å². The van der Waals surface area contributed by atoms with Gasteiger partial charge in [-0.05, 0) is 45.7 Å². The molecule has 0 spiro atoms. The summed E-state index contributed by atoms with van der Waals surface area (Å²) in [7, 11) is 0. The minimum absolute atomic E-state index is 0.195. The van der Waals surface area contributed by atoms with Crippen molar-refractivity contribution in [3.63, 3.8) is 0 Å². The normalized spacial score (nSPS) is 12.9. The molecule has 78 valence electrons. The highest BCUT2D eigenvalue weighted by Gasteiger charge is 2.17. The number of rotatable bonds is 4. The average Bonchev–Trinajstić information content (AvgIpc) is 2.42. The van der Waals surface area contributed by atoms with Crippen molar-refractivity contribution < 1.29 is 9.53 Å². The lowest BCUT2D eigenvalue weighted by Gasteiger charge is -2.12. The van der Waals surface area contributed by atoms with Crippen LogP contribution in [0.5, 0.6) is 0 Å². The molecule has 1 rings (SSSR count). The Morgan fingerprint density at radius 2 is 2.29 bits per heavy atom. The molecule has 0 fully saturated rings. The molecule has 1 atom stereocenters. The molecule has 0 aliphatic carbocycles. The molecule has 0 aliphatic rings. The third-order valence-corrected chi connectivity index (χ3v) is 3.09. The van der Waals surface area contributed by atoms with E-state index in [0.29, 0.717) is 21.4 Å². The third kappa shape index (κ3) is 2.24. The van der Waals surface area contributed by atoms with Crippen LogP contribution >= 0.6 is 31.9 Å². The molecule has 1 aromatic rings. The summed E-state index contributed by atoms with van der Waals surface area (Å²) in [6.45, 7) is 4.37. The van der Waals surface area contributed by atoms with E-state index < -0.39 is 0 Å². The van der Waals surface area contributed by atoms with Gasteiger partial charge in [0.15, 0.2) is 6.29 Å². The molecule has 0 amide bonds. The van der Waals surface area contributed by atoms with Crippen LogP contribution in [0.2, 0.25) is 0 Å². The van der Waals surface area contributed by atoms with E-state index in [1.54, 1.807) is 4.68 Å². The monoisotopic (exact) mass is 324 g/mol. The molecule has 1 unspecified atom stereocenters. The van der Waals surface area contributed by atoms with E-state index in [-0.39, 0.29) is 6.23 Å². The van der Waals surface area contributed by atoms with Crippen LogP contribution in [-0.4, -0.2) is 22.7 Å². The highest BCUT2D eigenvalue weighted by atomic mass is 79.9. The quantitative estimate of drug-likeness (QED) is 0.799. The molecular formula is C8H10Br2N2O2. The van der Waals surface area contributed by atoms with Crippen molar-refractivity contribution in [3.05, 3.63) is 14.8 Å². The van der Waals surface area contributed by atoms with Crippen LogP contribution in [0.1, 0.15) is 30.4 Å². The van der Waals surface area contributed by atoms with Gasteiger partial charge in [-0.1, -0.05) is 0 Å². The lowest BCUT2D eigenvalue weighted by atomic mass is 10.4. The van der Waals surface area contributed by atoms with Crippen molar-refractivity contribution in [2.45, 2.75) is 20.1 Å². The first-order valence-corrected chi connectivity index (χ1v) is 5.70. The lowest BCUT2D eigenvalue weighted by molar-refractivity contribution is 0.0141. The summed E-state index contributed by atoms with van der Waals surface area (Å²) in [5.74, 6) is 0. The molecule has 0 N–H and O–H groups in total. The van der Waals surface area contributed by atoms with Gasteiger partial charge in [0.25, 0.3) is 0 Å². The minimum atomic E-state index is -0.195. The Bertz CT molecular complexity index is 338. The Morgan fingerprint density at radius 3 is 2.71 bits per heavy atom. The Labute approximate surface area is 98.9 Å². The van der Waals surface area contributed by atoms with Crippen molar-refractivity contribution in [3.8, 4) is 0 Å². The van der Waals surface area contributed by atoms with Crippen molar-refractivity contribution in [2.24, 2.45) is 0 Å². The summed E-state index contributed by atoms with van der Waals surface area (Å²) >= 11 is 6.49. The summed E-state index contributed by atoms with van der Waals surface area (Å²) in [6.07, 6.45) is 0.551. The molecule has 0 saturated carbocycles. The van der Waals surface area contributed by atoms with Crippen LogP contribution in [0.25, 0.3) is 0 Å². The number of carbonyl (C=O) groups excluding carboxylic acids is 1. The second kappa shape index (κ2) is 5.04. The van der Waals surface area contributed by atoms with Crippen molar-refractivity contribution in [2.75, 3.05) is 6.61 Å². The molecule has 0 aliphatic heterocycles. The van der Waals surface area contributed by atoms with E-state index >= 15 is 0 Å². The average molecular weight is 326 g/mol. The van der Waals surface area contributed by atoms with Crippen LogP contribution in [0, 0.1) is 0 Å². The number of ether oxygens (including phenoxy) is 1. The van der Waals surface area contributed by atoms with Crippen LogP contribution in [0.15, 0.2) is 9.21 Å². The highest BCUT2D eigenvalue weighted by molar-refractivity contribution is 9.11. The van der Waals surface area contributed by atoms with Crippen molar-refractivity contribution in [1.82, 2.24) is 9.78 Å². The van der Waals surface area contributed by atoms with Crippen LogP contribution in [0.3, 0.4) is 0 Å². The molecule has 14 heavy (non-hydrogen) atoms. The van der Waals surface area contributed by atoms with Gasteiger partial charge < -0.3 is 4.74 Å². The SMILES string of the molecule is CCOC(C)n1nc(Br)c(C=O)c1Br. The van der Waals surface area contributed by atoms with Crippen LogP contribution in [0.4, 0.5) is 0 Å². The number of carbonyl (C=O) groups is 1. The molecule has 1 aromatic heterocycles. The summed E-state index contributed by atoms with van der Waals surface area (Å²) < 4.78 is 8.11. The van der Waals surface area contributed by atoms with E-state index in [1.807, 2.05) is 13.8 Å². The predicted molar refractivity (Wildman–Crippen MR) is 59.4 cm³/mol. The Balaban J connectivity index is 3.04. The maximum atomic E-state index is 10.7. The molecule has 4 nitrogen and oxygen atoms in total. The van der Waals surface area contributed by atoms with E-state index in [9.17, 15) is 4.79 Å². The van der Waals surface area contributed by atoms with Gasteiger partial charge in [0.05, 0.1) is 5.56 Å². The molecule has 0 radical (unpaired) electrons. The predicted octanol–water partition coefficient (Wildman–Crippen LogP) is 2.78. The van der Waals surface area contributed by atoms with Gasteiger partial charge in [-0.2, -0.15) is 5.10 Å². The number of aldehydes is 1. The van der Waals surface area contributed by atoms with Gasteiger partial charge in [0.1, 0.15) is 15.4 Å². The van der Waals surface area contributed by atoms with Gasteiger partial charge in [0.2, 0.25) is 0 Å². The fourth-order valence-corrected chi connectivity index (χ4v) is 2.42. The number of hydrogen-bond acceptors (Lipinski definition) is 3. The van der Waals surface area contributed by atoms with E-state index in [0.717, 1.165) is 6.29 Å². The van der Waals surface area contributed by atoms with Crippen molar-refractivity contribution in [1.29, 1.82) is 0 Å². The number of halogens is 2. The van der Waals surface area contributed by atoms with Gasteiger partial charge in [-0.3, -0.25) is 4.79 Å². The van der Waals surface area contributed by atoms with Crippen LogP contribution in [-0.2, 0) is 4.74 Å². The minimum Gasteiger partial charge on any atom is -0.357 e. The van der Waals surface area contributed by atoms with E-state index in [4.69, 9.17) is 4.74 Å². The maximum absolute atomic E-state index is 10.7. The lowest BCUT2D eigenvalue weighted by Crippen LogP contribution is -2.11. The van der Waals surface area contributed by atoms with Gasteiger partial charge in [-0.15, -0.1) is 0 Å². The zero-order valence-electron chi connectivity index (χ0n) is 7.83. The third-order valence-electron chi connectivity index (χ3n) is 1.71. The Hall–Kier alpha value is -0.200. The molecule has 1 heterocycles. The summed E-state index contributed by atoms with van der Waals surface area (Å²) in [6, 6.07) is 0. The van der Waals surface area contributed by atoms with E-state index in [1.165, 1.54) is 0 Å². The summed E-state index contributed by atoms with van der Waals surface area (Å²) in [4.78, 5) is 10.7. The van der Waals surface area contributed by atoms with Gasteiger partial charge in [-0.25, -0.2) is 4.68 Å². The molecule has 0 saturated heterocycles. The van der Waals surface area contributed by atoms with Gasteiger partial charge in [0, 0.05) is 6.61 Å². The molecule has 0 aromatic carbocycles. The van der Waals surface area contributed by atoms with E-state index in [2.05, 4.69) is 37.0 Å². The fourth-order valence-electron chi connectivity index (χ4n) is 1.05. The fraction of sp³-hybridized carbons (Fsp3) is 0.500. The summed E-state index contributed by atoms with van der Waals surface area (Å²) in [5, 5.41) is 4.13. The first-order valence-electron chi connectivity index (χ1n) is 4.12. The largest absolute Gasteiger partial charge is 0.357 e. The molecule has 0 bridgehead atoms. The smallest absolute Gasteiger partial charge is 0.155 e. The first kappa shape index (κ1) is 11.9. The zero-order valence-corrected chi connectivity index (χ0v) is 11.0. The van der Waals surface area contributed by atoms with Crippen LogP contribution < -0.4 is 0 Å². The summed E-state index contributed by atoms with van der Waals surface area (Å²) in [5.41, 5.74) is 0.497. The second-order valence-electron chi connectivity index (χ2n) is 2.61. The topological polar surface area (TPSA) is 44.1 Å². The zero-order chi connectivity index (χ0) is 10.7. The maximum Gasteiger partial charge on any atom is 0.155 e. The number of nitrogens with zero attached hydrogens (tertiary/aromatic N) is 2. The highest BCUT2D eigenvalue weighted by Crippen LogP contribution is 2.26. The molecule has 6 heteroatoms. The first-order chi connectivity index (χ1) is 6.61. The Kier molecular flexibility index (Phi) is 4.28. The number of aromatic nitrogens is 2. The second-order valence-corrected chi connectivity index (χ2v) is 4.11.